The lowest BCUT2D eigenvalue weighted by Gasteiger charge is -2.06. The van der Waals surface area contributed by atoms with Gasteiger partial charge in [0.2, 0.25) is 0 Å². The van der Waals surface area contributed by atoms with E-state index < -0.39 is 10.8 Å². The van der Waals surface area contributed by atoms with Gasteiger partial charge in [0.1, 0.15) is 5.56 Å². The molecule has 1 aromatic rings. The van der Waals surface area contributed by atoms with Crippen LogP contribution in [-0.2, 0) is 0 Å². The first-order valence-corrected chi connectivity index (χ1v) is 5.34. The van der Waals surface area contributed by atoms with E-state index >= 15 is 0 Å². The van der Waals surface area contributed by atoms with Gasteiger partial charge in [-0.15, -0.1) is 0 Å². The van der Waals surface area contributed by atoms with Crippen LogP contribution in [0.5, 0.6) is 0 Å². The van der Waals surface area contributed by atoms with E-state index in [0.29, 0.717) is 12.2 Å². The van der Waals surface area contributed by atoms with Gasteiger partial charge in [-0.25, -0.2) is 0 Å². The summed E-state index contributed by atoms with van der Waals surface area (Å²) < 4.78 is 0. The fraction of sp³-hybridized carbons (Fsp3) is 0.364. The third-order valence-corrected chi connectivity index (χ3v) is 2.26. The standard InChI is InChI=1S/C11H15N3O3/c1-3-6-13-11(15)9-7-8(12-2)4-5-10(9)14(16)17/h4-5,7,12H,3,6H2,1-2H3,(H,13,15). The van der Waals surface area contributed by atoms with Gasteiger partial charge in [0.15, 0.2) is 0 Å². The van der Waals surface area contributed by atoms with Crippen molar-refractivity contribution in [2.24, 2.45) is 0 Å². The van der Waals surface area contributed by atoms with Crippen LogP contribution in [0.25, 0.3) is 0 Å². The maximum absolute atomic E-state index is 11.8. The van der Waals surface area contributed by atoms with Crippen molar-refractivity contribution in [1.29, 1.82) is 0 Å². The second-order valence-corrected chi connectivity index (χ2v) is 3.49. The minimum Gasteiger partial charge on any atom is -0.388 e. The fourth-order valence-electron chi connectivity index (χ4n) is 1.37. The molecule has 6 heteroatoms. The lowest BCUT2D eigenvalue weighted by molar-refractivity contribution is -0.385. The molecule has 1 aromatic carbocycles. The third kappa shape index (κ3) is 3.17. The number of nitrogens with zero attached hydrogens (tertiary/aromatic N) is 1. The second-order valence-electron chi connectivity index (χ2n) is 3.49. The normalized spacial score (nSPS) is 9.76. The van der Waals surface area contributed by atoms with Crippen LogP contribution in [0, 0.1) is 10.1 Å². The van der Waals surface area contributed by atoms with Gasteiger partial charge in [-0.1, -0.05) is 6.92 Å². The summed E-state index contributed by atoms with van der Waals surface area (Å²) in [6.07, 6.45) is 0.783. The van der Waals surface area contributed by atoms with Crippen molar-refractivity contribution in [3.8, 4) is 0 Å². The third-order valence-electron chi connectivity index (χ3n) is 2.26. The van der Waals surface area contributed by atoms with E-state index in [1.807, 2.05) is 6.92 Å². The average Bonchev–Trinajstić information content (AvgIpc) is 2.34. The number of anilines is 1. The Bertz CT molecular complexity index is 432. The molecule has 92 valence electrons. The van der Waals surface area contributed by atoms with E-state index in [2.05, 4.69) is 10.6 Å². The summed E-state index contributed by atoms with van der Waals surface area (Å²) in [5.74, 6) is -0.421. The number of benzene rings is 1. The molecule has 2 N–H and O–H groups in total. The molecule has 17 heavy (non-hydrogen) atoms. The Kier molecular flexibility index (Phi) is 4.45. The lowest BCUT2D eigenvalue weighted by atomic mass is 10.1. The zero-order valence-corrected chi connectivity index (χ0v) is 9.82. The highest BCUT2D eigenvalue weighted by atomic mass is 16.6. The first-order valence-electron chi connectivity index (χ1n) is 5.34. The molecule has 0 saturated heterocycles. The summed E-state index contributed by atoms with van der Waals surface area (Å²) in [6.45, 7) is 2.42. The minimum atomic E-state index is -0.555. The summed E-state index contributed by atoms with van der Waals surface area (Å²) in [5, 5.41) is 16.3. The number of nitrogens with one attached hydrogen (secondary N) is 2. The highest BCUT2D eigenvalue weighted by molar-refractivity contribution is 5.99. The van der Waals surface area contributed by atoms with Gasteiger partial charge >= 0.3 is 0 Å². The van der Waals surface area contributed by atoms with Crippen LogP contribution in [0.15, 0.2) is 18.2 Å². The number of hydrogen-bond donors (Lipinski definition) is 2. The van der Waals surface area contributed by atoms with E-state index in [1.165, 1.54) is 12.1 Å². The average molecular weight is 237 g/mol. The molecule has 1 rings (SSSR count). The molecule has 0 atom stereocenters. The van der Waals surface area contributed by atoms with Gasteiger partial charge in [-0.3, -0.25) is 14.9 Å². The monoisotopic (exact) mass is 237 g/mol. The van der Waals surface area contributed by atoms with Crippen molar-refractivity contribution in [1.82, 2.24) is 5.32 Å². The number of amides is 1. The van der Waals surface area contributed by atoms with Crippen LogP contribution < -0.4 is 10.6 Å². The van der Waals surface area contributed by atoms with Gasteiger partial charge in [0, 0.05) is 25.3 Å². The van der Waals surface area contributed by atoms with Crippen LogP contribution in [0.1, 0.15) is 23.7 Å². The molecule has 0 spiro atoms. The molecule has 0 aliphatic heterocycles. The van der Waals surface area contributed by atoms with Crippen molar-refractivity contribution in [3.63, 3.8) is 0 Å². The van der Waals surface area contributed by atoms with Crippen LogP contribution >= 0.6 is 0 Å². The summed E-state index contributed by atoms with van der Waals surface area (Å²) in [5.41, 5.74) is 0.560. The number of carbonyl (C=O) groups is 1. The molecule has 0 saturated carbocycles. The quantitative estimate of drug-likeness (QED) is 0.603. The molecule has 0 radical (unpaired) electrons. The number of rotatable bonds is 5. The van der Waals surface area contributed by atoms with Gasteiger partial charge in [-0.2, -0.15) is 0 Å². The Morgan fingerprint density at radius 3 is 2.71 bits per heavy atom. The van der Waals surface area contributed by atoms with Gasteiger partial charge in [0.05, 0.1) is 4.92 Å². The summed E-state index contributed by atoms with van der Waals surface area (Å²) >= 11 is 0. The first kappa shape index (κ1) is 13.0. The van der Waals surface area contributed by atoms with Crippen LogP contribution in [0.4, 0.5) is 11.4 Å². The predicted octanol–water partition coefficient (Wildman–Crippen LogP) is 1.78. The highest BCUT2D eigenvalue weighted by Gasteiger charge is 2.19. The van der Waals surface area contributed by atoms with E-state index in [1.54, 1.807) is 13.1 Å². The zero-order valence-electron chi connectivity index (χ0n) is 9.82. The van der Waals surface area contributed by atoms with Crippen molar-refractivity contribution >= 4 is 17.3 Å². The van der Waals surface area contributed by atoms with Gasteiger partial charge < -0.3 is 10.6 Å². The minimum absolute atomic E-state index is 0.0790. The fourth-order valence-corrected chi connectivity index (χ4v) is 1.37. The molecular weight excluding hydrogens is 222 g/mol. The van der Waals surface area contributed by atoms with Crippen molar-refractivity contribution in [2.75, 3.05) is 18.9 Å². The molecule has 6 nitrogen and oxygen atoms in total. The molecule has 0 aliphatic carbocycles. The van der Waals surface area contributed by atoms with Crippen molar-refractivity contribution in [3.05, 3.63) is 33.9 Å². The SMILES string of the molecule is CCCNC(=O)c1cc(NC)ccc1[N+](=O)[O-]. The first-order chi connectivity index (χ1) is 8.10. The summed E-state index contributed by atoms with van der Waals surface area (Å²) in [4.78, 5) is 22.0. The number of hydrogen-bond acceptors (Lipinski definition) is 4. The molecule has 1 amide bonds. The molecule has 0 heterocycles. The topological polar surface area (TPSA) is 84.3 Å². The van der Waals surface area contributed by atoms with E-state index in [9.17, 15) is 14.9 Å². The highest BCUT2D eigenvalue weighted by Crippen LogP contribution is 2.22. The molecule has 0 unspecified atom stereocenters. The maximum Gasteiger partial charge on any atom is 0.282 e. The lowest BCUT2D eigenvalue weighted by Crippen LogP contribution is -2.24. The molecular formula is C11H15N3O3. The predicted molar refractivity (Wildman–Crippen MR) is 65.3 cm³/mol. The Hall–Kier alpha value is -2.11. The summed E-state index contributed by atoms with van der Waals surface area (Å²) in [7, 11) is 1.69. The second kappa shape index (κ2) is 5.83. The van der Waals surface area contributed by atoms with Crippen LogP contribution in [-0.4, -0.2) is 24.4 Å². The molecule has 0 aliphatic rings. The maximum atomic E-state index is 11.8. The van der Waals surface area contributed by atoms with E-state index in [0.717, 1.165) is 6.42 Å². The number of nitro groups is 1. The smallest absolute Gasteiger partial charge is 0.282 e. The Labute approximate surface area is 99.2 Å². The largest absolute Gasteiger partial charge is 0.388 e. The number of nitro benzene ring substituents is 1. The summed E-state index contributed by atoms with van der Waals surface area (Å²) in [6, 6.07) is 4.37. The molecule has 0 aromatic heterocycles. The van der Waals surface area contributed by atoms with Crippen LogP contribution in [0.2, 0.25) is 0 Å². The Balaban J connectivity index is 3.08. The van der Waals surface area contributed by atoms with Crippen LogP contribution in [0.3, 0.4) is 0 Å². The zero-order chi connectivity index (χ0) is 12.8. The van der Waals surface area contributed by atoms with E-state index in [-0.39, 0.29) is 11.3 Å². The van der Waals surface area contributed by atoms with Crippen molar-refractivity contribution in [2.45, 2.75) is 13.3 Å². The van der Waals surface area contributed by atoms with E-state index in [4.69, 9.17) is 0 Å². The van der Waals surface area contributed by atoms with Crippen molar-refractivity contribution < 1.29 is 9.72 Å². The van der Waals surface area contributed by atoms with Gasteiger partial charge in [0.25, 0.3) is 11.6 Å². The molecule has 0 bridgehead atoms. The molecule has 0 fully saturated rings. The Morgan fingerprint density at radius 1 is 1.47 bits per heavy atom. The van der Waals surface area contributed by atoms with Gasteiger partial charge in [-0.05, 0) is 18.6 Å². The Morgan fingerprint density at radius 2 is 2.18 bits per heavy atom. The number of carbonyl (C=O) groups excluding carboxylic acids is 1.